The molecule has 0 spiro atoms. The van der Waals surface area contributed by atoms with Gasteiger partial charge in [0.25, 0.3) is 11.5 Å². The lowest BCUT2D eigenvalue weighted by Gasteiger charge is -2.07. The van der Waals surface area contributed by atoms with Crippen LogP contribution in [0.1, 0.15) is 5.56 Å². The number of ether oxygens (including phenoxy) is 1. The lowest BCUT2D eigenvalue weighted by atomic mass is 10.2. The number of rotatable bonds is 5. The Bertz CT molecular complexity index is 1620. The van der Waals surface area contributed by atoms with Gasteiger partial charge in [-0.2, -0.15) is 5.26 Å². The molecule has 0 radical (unpaired) electrons. The Morgan fingerprint density at radius 3 is 2.43 bits per heavy atom. The number of para-hydroxylation sites is 1. The van der Waals surface area contributed by atoms with Crippen molar-refractivity contribution in [3.05, 3.63) is 108 Å². The van der Waals surface area contributed by atoms with Crippen LogP contribution in [0.25, 0.3) is 17.3 Å². The first-order valence-electron chi connectivity index (χ1n) is 10.2. The molecule has 0 aliphatic heterocycles. The van der Waals surface area contributed by atoms with Crippen molar-refractivity contribution in [3.8, 4) is 17.5 Å². The third-order valence-corrected chi connectivity index (χ3v) is 6.62. The Morgan fingerprint density at radius 1 is 1.09 bits per heavy atom. The number of anilines is 1. The Labute approximate surface area is 214 Å². The number of amides is 1. The number of hydrogen-bond donors (Lipinski definition) is 1. The highest BCUT2D eigenvalue weighted by atomic mass is 35.5. The molecule has 0 atom stereocenters. The average molecular weight is 522 g/mol. The second-order valence-electron chi connectivity index (χ2n) is 7.23. The summed E-state index contributed by atoms with van der Waals surface area (Å²) in [5, 5.41) is 13.2. The molecule has 1 N–H and O–H groups in total. The van der Waals surface area contributed by atoms with Crippen molar-refractivity contribution in [2.75, 3.05) is 12.4 Å². The Morgan fingerprint density at radius 2 is 1.80 bits per heavy atom. The summed E-state index contributed by atoms with van der Waals surface area (Å²) in [5.74, 6) is -0.00741. The molecule has 0 saturated carbocycles. The molecule has 0 aliphatic carbocycles. The summed E-state index contributed by atoms with van der Waals surface area (Å²) in [7, 11) is 1.57. The summed E-state index contributed by atoms with van der Waals surface area (Å²) in [6.07, 6.45) is 1.71. The number of benzene rings is 3. The number of halogens is 2. The van der Waals surface area contributed by atoms with Crippen LogP contribution in [-0.4, -0.2) is 17.6 Å². The fourth-order valence-electron chi connectivity index (χ4n) is 3.28. The van der Waals surface area contributed by atoms with Gasteiger partial charge >= 0.3 is 0 Å². The molecule has 6 nitrogen and oxygen atoms in total. The number of nitrogens with one attached hydrogen (secondary N) is 1. The molecule has 1 amide bonds. The molecule has 9 heteroatoms. The van der Waals surface area contributed by atoms with Crippen LogP contribution in [0, 0.1) is 11.3 Å². The minimum absolute atomic E-state index is 0.200. The zero-order valence-corrected chi connectivity index (χ0v) is 20.6. The topological polar surface area (TPSA) is 84.1 Å². The third kappa shape index (κ3) is 5.31. The molecule has 0 fully saturated rings. The van der Waals surface area contributed by atoms with E-state index >= 15 is 0 Å². The zero-order valence-electron chi connectivity index (χ0n) is 18.3. The molecule has 35 heavy (non-hydrogen) atoms. The molecule has 3 aromatic carbocycles. The van der Waals surface area contributed by atoms with Crippen LogP contribution in [0.15, 0.2) is 77.6 Å². The maximum atomic E-state index is 13.4. The van der Waals surface area contributed by atoms with Crippen LogP contribution in [0.4, 0.5) is 5.69 Å². The lowest BCUT2D eigenvalue weighted by Crippen LogP contribution is -2.32. The number of carbonyl (C=O) groups is 1. The van der Waals surface area contributed by atoms with E-state index in [1.54, 1.807) is 61.7 Å². The number of carbonyl (C=O) groups excluding carboxylic acids is 1. The van der Waals surface area contributed by atoms with Crippen LogP contribution in [0.5, 0.6) is 5.75 Å². The first-order valence-corrected chi connectivity index (χ1v) is 11.8. The van der Waals surface area contributed by atoms with Crippen LogP contribution in [-0.2, 0) is 4.79 Å². The second kappa shape index (κ2) is 10.6. The first-order chi connectivity index (χ1) is 16.9. The first kappa shape index (κ1) is 24.3. The van der Waals surface area contributed by atoms with E-state index in [2.05, 4.69) is 5.32 Å². The standard InChI is InChI=1S/C26H17Cl2N3O3S/c1-34-19-10-7-16(8-11-19)13-23-25(33)31(18-5-3-2-4-6-18)26(35-23)20(15-29)24(32)30-22-12-9-17(27)14-21(22)28/h2-14H,1H3,(H,30,32)/b23-13+,26-20-. The van der Waals surface area contributed by atoms with Crippen molar-refractivity contribution in [2.45, 2.75) is 0 Å². The molecule has 0 bridgehead atoms. The van der Waals surface area contributed by atoms with E-state index in [1.807, 2.05) is 24.3 Å². The number of nitrogens with zero attached hydrogens (tertiary/aromatic N) is 2. The Hall–Kier alpha value is -3.83. The van der Waals surface area contributed by atoms with E-state index in [4.69, 9.17) is 27.9 Å². The van der Waals surface area contributed by atoms with Gasteiger partial charge in [0.15, 0.2) is 5.57 Å². The van der Waals surface area contributed by atoms with E-state index < -0.39 is 5.91 Å². The van der Waals surface area contributed by atoms with E-state index in [-0.39, 0.29) is 20.8 Å². The predicted molar refractivity (Wildman–Crippen MR) is 140 cm³/mol. The number of thiazole rings is 1. The molecule has 4 aromatic rings. The minimum Gasteiger partial charge on any atom is -0.497 e. The van der Waals surface area contributed by atoms with Gasteiger partial charge in [-0.1, -0.05) is 53.5 Å². The van der Waals surface area contributed by atoms with Gasteiger partial charge in [-0.25, -0.2) is 0 Å². The van der Waals surface area contributed by atoms with Gasteiger partial charge in [-0.15, -0.1) is 11.3 Å². The summed E-state index contributed by atoms with van der Waals surface area (Å²) < 4.78 is 7.11. The number of aromatic nitrogens is 1. The molecule has 1 aromatic heterocycles. The van der Waals surface area contributed by atoms with Crippen molar-refractivity contribution in [1.29, 1.82) is 5.26 Å². The number of methoxy groups -OCH3 is 1. The summed E-state index contributed by atoms with van der Waals surface area (Å²) >= 11 is 13.2. The molecule has 0 saturated heterocycles. The highest BCUT2D eigenvalue weighted by Crippen LogP contribution is 2.25. The SMILES string of the molecule is COc1ccc(/C=c2/s/c(=C(/C#N)C(=O)Nc3ccc(Cl)cc3Cl)n(-c3ccccc3)c2=O)cc1. The average Bonchev–Trinajstić information content (AvgIpc) is 3.17. The summed E-state index contributed by atoms with van der Waals surface area (Å²) in [5.41, 5.74) is 1.02. The van der Waals surface area contributed by atoms with E-state index in [9.17, 15) is 14.9 Å². The van der Waals surface area contributed by atoms with Crippen molar-refractivity contribution >= 4 is 57.8 Å². The smallest absolute Gasteiger partial charge is 0.273 e. The van der Waals surface area contributed by atoms with Gasteiger partial charge in [0.05, 0.1) is 28.0 Å². The fourth-order valence-corrected chi connectivity index (χ4v) is 4.84. The Kier molecular flexibility index (Phi) is 7.37. The van der Waals surface area contributed by atoms with Gasteiger partial charge < -0.3 is 10.1 Å². The van der Waals surface area contributed by atoms with Gasteiger partial charge in [-0.3, -0.25) is 14.2 Å². The van der Waals surface area contributed by atoms with Crippen molar-refractivity contribution < 1.29 is 9.53 Å². The molecule has 4 rings (SSSR count). The highest BCUT2D eigenvalue weighted by molar-refractivity contribution is 7.07. The zero-order chi connectivity index (χ0) is 24.9. The summed E-state index contributed by atoms with van der Waals surface area (Å²) in [6, 6.07) is 22.6. The molecule has 174 valence electrons. The normalized spacial score (nSPS) is 12.1. The maximum Gasteiger partial charge on any atom is 0.273 e. The summed E-state index contributed by atoms with van der Waals surface area (Å²) in [4.78, 5) is 26.6. The number of nitriles is 1. The van der Waals surface area contributed by atoms with Crippen LogP contribution < -0.4 is 24.8 Å². The van der Waals surface area contributed by atoms with Gasteiger partial charge in [0.2, 0.25) is 0 Å². The predicted octanol–water partition coefficient (Wildman–Crippen LogP) is 4.36. The van der Waals surface area contributed by atoms with Gasteiger partial charge in [0.1, 0.15) is 16.5 Å². The van der Waals surface area contributed by atoms with E-state index in [0.717, 1.165) is 16.9 Å². The lowest BCUT2D eigenvalue weighted by molar-refractivity contribution is -0.111. The van der Waals surface area contributed by atoms with Crippen molar-refractivity contribution in [1.82, 2.24) is 4.57 Å². The molecule has 0 aliphatic rings. The quantitative estimate of drug-likeness (QED) is 0.423. The fraction of sp³-hybridized carbons (Fsp3) is 0.0385. The second-order valence-corrected chi connectivity index (χ2v) is 9.10. The van der Waals surface area contributed by atoms with Crippen molar-refractivity contribution in [3.63, 3.8) is 0 Å². The van der Waals surface area contributed by atoms with Gasteiger partial charge in [-0.05, 0) is 54.1 Å². The van der Waals surface area contributed by atoms with E-state index in [0.29, 0.717) is 26.7 Å². The van der Waals surface area contributed by atoms with Crippen LogP contribution in [0.3, 0.4) is 0 Å². The summed E-state index contributed by atoms with van der Waals surface area (Å²) in [6.45, 7) is 0. The van der Waals surface area contributed by atoms with Crippen LogP contribution in [0.2, 0.25) is 10.0 Å². The maximum absolute atomic E-state index is 13.4. The molecular formula is C26H17Cl2N3O3S. The Balaban J connectivity index is 1.92. The van der Waals surface area contributed by atoms with Gasteiger partial charge in [0, 0.05) is 5.02 Å². The third-order valence-electron chi connectivity index (χ3n) is 4.98. The number of hydrogen-bond acceptors (Lipinski definition) is 5. The van der Waals surface area contributed by atoms with Crippen molar-refractivity contribution in [2.24, 2.45) is 0 Å². The van der Waals surface area contributed by atoms with E-state index in [1.165, 1.54) is 10.6 Å². The molecular weight excluding hydrogens is 505 g/mol. The van der Waals surface area contributed by atoms with Crippen LogP contribution >= 0.6 is 34.5 Å². The molecule has 0 unspecified atom stereocenters. The minimum atomic E-state index is -0.696. The highest BCUT2D eigenvalue weighted by Gasteiger charge is 2.18. The largest absolute Gasteiger partial charge is 0.497 e. The molecule has 1 heterocycles. The monoisotopic (exact) mass is 521 g/mol.